The predicted octanol–water partition coefficient (Wildman–Crippen LogP) is 3.95. The summed E-state index contributed by atoms with van der Waals surface area (Å²) in [6, 6.07) is -0.0883. The molecule has 2 aliphatic heterocycles. The van der Waals surface area contributed by atoms with Gasteiger partial charge in [0, 0.05) is 64.9 Å². The average Bonchev–Trinajstić information content (AvgIpc) is 3.29. The number of amides is 2. The van der Waals surface area contributed by atoms with E-state index in [1.165, 1.54) is 19.3 Å². The molecule has 10 heteroatoms. The van der Waals surface area contributed by atoms with Gasteiger partial charge in [0.25, 0.3) is 5.91 Å². The zero-order valence-corrected chi connectivity index (χ0v) is 24.9. The van der Waals surface area contributed by atoms with Gasteiger partial charge in [-0.25, -0.2) is 4.98 Å². The van der Waals surface area contributed by atoms with Crippen LogP contribution in [0.4, 0.5) is 0 Å². The number of piperidine rings is 1. The second kappa shape index (κ2) is 14.8. The Balaban J connectivity index is 1.59. The van der Waals surface area contributed by atoms with Crippen molar-refractivity contribution in [2.45, 2.75) is 83.7 Å². The Morgan fingerprint density at radius 3 is 2.59 bits per heavy atom. The fourth-order valence-corrected chi connectivity index (χ4v) is 6.64. The summed E-state index contributed by atoms with van der Waals surface area (Å²) in [6.07, 6.45) is 8.27. The molecule has 1 aliphatic carbocycles. The molecule has 39 heavy (non-hydrogen) atoms. The molecule has 0 spiro atoms. The largest absolute Gasteiger partial charge is 0.385 e. The third-order valence-electron chi connectivity index (χ3n) is 8.37. The molecule has 0 aromatic carbocycles. The summed E-state index contributed by atoms with van der Waals surface area (Å²) in [6.45, 7) is 10.0. The maximum atomic E-state index is 14.4. The fraction of sp³-hybridized carbons (Fsp3) is 0.828. The molecule has 4 rings (SSSR count). The first-order chi connectivity index (χ1) is 18.9. The molecule has 3 heterocycles. The summed E-state index contributed by atoms with van der Waals surface area (Å²) < 4.78 is 12.8. The first kappa shape index (κ1) is 30.3. The third kappa shape index (κ3) is 7.75. The number of hydrogen-bond donors (Lipinski definition) is 1. The van der Waals surface area contributed by atoms with E-state index in [2.05, 4.69) is 23.7 Å². The van der Waals surface area contributed by atoms with Crippen LogP contribution < -0.4 is 5.32 Å². The van der Waals surface area contributed by atoms with E-state index in [4.69, 9.17) is 26.1 Å². The van der Waals surface area contributed by atoms with Crippen molar-refractivity contribution in [2.24, 2.45) is 11.8 Å². The highest BCUT2D eigenvalue weighted by Gasteiger charge is 2.38. The number of carbonyl (C=O) groups is 2. The van der Waals surface area contributed by atoms with Crippen LogP contribution in [0.1, 0.15) is 87.4 Å². The molecule has 2 atom stereocenters. The number of unbranched alkanes of at least 4 members (excludes halogenated alkanes) is 1. The van der Waals surface area contributed by atoms with Crippen LogP contribution in [0.5, 0.6) is 0 Å². The highest BCUT2D eigenvalue weighted by Crippen LogP contribution is 2.35. The van der Waals surface area contributed by atoms with Gasteiger partial charge in [-0.3, -0.25) is 9.59 Å². The van der Waals surface area contributed by atoms with Crippen LogP contribution in [0.25, 0.3) is 0 Å². The molecule has 2 amide bonds. The summed E-state index contributed by atoms with van der Waals surface area (Å²) in [7, 11) is 1.72. The molecule has 1 unspecified atom stereocenters. The monoisotopic (exact) mass is 565 g/mol. The van der Waals surface area contributed by atoms with Gasteiger partial charge in [-0.1, -0.05) is 44.7 Å². The van der Waals surface area contributed by atoms with Crippen LogP contribution in [-0.2, 0) is 20.8 Å². The molecule has 0 bridgehead atoms. The van der Waals surface area contributed by atoms with E-state index in [1.54, 1.807) is 7.11 Å². The number of nitrogens with zero attached hydrogens (tertiary/aromatic N) is 4. The minimum atomic E-state index is -0.156. The molecule has 9 nitrogen and oxygen atoms in total. The maximum Gasteiger partial charge on any atom is 0.274 e. The smallest absolute Gasteiger partial charge is 0.274 e. The number of halogens is 1. The summed E-state index contributed by atoms with van der Waals surface area (Å²) in [5.74, 6) is 1.52. The van der Waals surface area contributed by atoms with Crippen LogP contribution in [0.3, 0.4) is 0 Å². The SMILES string of the molecule is COCCCCn1c(C2CCCCC2)nc(Cl)c1C(=O)N(CC(C)C)[C@@H]1CNCC(C(=O)N2CCOCC2)C1. The standard InChI is InChI=1S/C29H48ClN5O4/c1-21(2)20-35(24-17-23(18-31-19-24)28(36)33-12-15-39-16-13-33)29(37)25-26(30)32-27(22-9-5-4-6-10-22)34(25)11-7-8-14-38-3/h21-24,31H,4-20H2,1-3H3/t23?,24-/m0/s1. The molecule has 1 saturated carbocycles. The second-order valence-corrected chi connectivity index (χ2v) is 12.2. The van der Waals surface area contributed by atoms with E-state index in [0.29, 0.717) is 82.3 Å². The average molecular weight is 566 g/mol. The van der Waals surface area contributed by atoms with Gasteiger partial charge >= 0.3 is 0 Å². The summed E-state index contributed by atoms with van der Waals surface area (Å²) in [5, 5.41) is 3.77. The molecular weight excluding hydrogens is 518 g/mol. The number of imidazole rings is 1. The third-order valence-corrected chi connectivity index (χ3v) is 8.63. The Morgan fingerprint density at radius 2 is 1.90 bits per heavy atom. The number of nitrogens with one attached hydrogen (secondary N) is 1. The van der Waals surface area contributed by atoms with Crippen molar-refractivity contribution >= 4 is 23.4 Å². The minimum Gasteiger partial charge on any atom is -0.385 e. The van der Waals surface area contributed by atoms with Gasteiger partial charge in [-0.2, -0.15) is 0 Å². The summed E-state index contributed by atoms with van der Waals surface area (Å²) in [4.78, 5) is 36.4. The molecule has 1 aromatic rings. The molecular formula is C29H48ClN5O4. The van der Waals surface area contributed by atoms with Crippen molar-refractivity contribution < 1.29 is 19.1 Å². The fourth-order valence-electron chi connectivity index (χ4n) is 6.37. The number of rotatable bonds is 11. The Hall–Kier alpha value is -1.68. The number of morpholine rings is 1. The predicted molar refractivity (Wildman–Crippen MR) is 152 cm³/mol. The molecule has 2 saturated heterocycles. The van der Waals surface area contributed by atoms with E-state index in [1.807, 2.05) is 9.80 Å². The van der Waals surface area contributed by atoms with Crippen molar-refractivity contribution in [1.82, 2.24) is 24.7 Å². The molecule has 1 aromatic heterocycles. The van der Waals surface area contributed by atoms with E-state index < -0.39 is 0 Å². The van der Waals surface area contributed by atoms with Crippen LogP contribution in [0.15, 0.2) is 0 Å². The van der Waals surface area contributed by atoms with Gasteiger partial charge < -0.3 is 29.2 Å². The van der Waals surface area contributed by atoms with Gasteiger partial charge in [0.05, 0.1) is 19.1 Å². The van der Waals surface area contributed by atoms with E-state index >= 15 is 0 Å². The number of carbonyl (C=O) groups excluding carboxylic acids is 2. The van der Waals surface area contributed by atoms with Gasteiger partial charge in [-0.05, 0) is 38.0 Å². The Morgan fingerprint density at radius 1 is 1.15 bits per heavy atom. The summed E-state index contributed by atoms with van der Waals surface area (Å²) in [5.41, 5.74) is 0.511. The summed E-state index contributed by atoms with van der Waals surface area (Å²) >= 11 is 6.81. The van der Waals surface area contributed by atoms with Crippen LogP contribution >= 0.6 is 11.6 Å². The Labute approximate surface area is 238 Å². The first-order valence-corrected chi connectivity index (χ1v) is 15.4. The zero-order chi connectivity index (χ0) is 27.8. The lowest BCUT2D eigenvalue weighted by molar-refractivity contribution is -0.140. The van der Waals surface area contributed by atoms with Crippen LogP contribution in [0, 0.1) is 11.8 Å². The van der Waals surface area contributed by atoms with E-state index in [-0.39, 0.29) is 29.7 Å². The normalized spacial score (nSPS) is 22.8. The number of aromatic nitrogens is 2. The quantitative estimate of drug-likeness (QED) is 0.409. The molecule has 3 aliphatic rings. The lowest BCUT2D eigenvalue weighted by atomic mass is 9.88. The molecule has 220 valence electrons. The number of hydrogen-bond acceptors (Lipinski definition) is 6. The van der Waals surface area contributed by atoms with Crippen molar-refractivity contribution in [3.8, 4) is 0 Å². The van der Waals surface area contributed by atoms with Crippen LogP contribution in [0.2, 0.25) is 5.15 Å². The van der Waals surface area contributed by atoms with Crippen molar-refractivity contribution in [1.29, 1.82) is 0 Å². The van der Waals surface area contributed by atoms with Gasteiger partial charge in [0.2, 0.25) is 5.91 Å². The van der Waals surface area contributed by atoms with Crippen molar-refractivity contribution in [3.05, 3.63) is 16.7 Å². The highest BCUT2D eigenvalue weighted by atomic mass is 35.5. The Bertz CT molecular complexity index is 942. The van der Waals surface area contributed by atoms with E-state index in [0.717, 1.165) is 31.5 Å². The van der Waals surface area contributed by atoms with Gasteiger partial charge in [-0.15, -0.1) is 0 Å². The lowest BCUT2D eigenvalue weighted by Gasteiger charge is -2.40. The first-order valence-electron chi connectivity index (χ1n) is 15.0. The highest BCUT2D eigenvalue weighted by molar-refractivity contribution is 6.32. The van der Waals surface area contributed by atoms with Crippen molar-refractivity contribution in [3.63, 3.8) is 0 Å². The topological polar surface area (TPSA) is 88.9 Å². The van der Waals surface area contributed by atoms with Crippen LogP contribution in [-0.4, -0.2) is 96.9 Å². The van der Waals surface area contributed by atoms with Gasteiger partial charge in [0.1, 0.15) is 11.5 Å². The second-order valence-electron chi connectivity index (χ2n) is 11.8. The lowest BCUT2D eigenvalue weighted by Crippen LogP contribution is -2.56. The number of ether oxygens (including phenoxy) is 2. The zero-order valence-electron chi connectivity index (χ0n) is 24.1. The number of methoxy groups -OCH3 is 1. The molecule has 0 radical (unpaired) electrons. The molecule has 1 N–H and O–H groups in total. The van der Waals surface area contributed by atoms with Gasteiger partial charge in [0.15, 0.2) is 5.15 Å². The molecule has 3 fully saturated rings. The Kier molecular flexibility index (Phi) is 11.5. The van der Waals surface area contributed by atoms with E-state index in [9.17, 15) is 9.59 Å². The minimum absolute atomic E-state index is 0.0683. The maximum absolute atomic E-state index is 14.4. The van der Waals surface area contributed by atoms with Crippen molar-refractivity contribution in [2.75, 3.05) is 59.7 Å².